The number of nitrogens with one attached hydrogen (secondary N) is 1. The molecule has 0 aromatic carbocycles. The van der Waals surface area contributed by atoms with Gasteiger partial charge in [0.2, 0.25) is 0 Å². The molecule has 1 heterocycles. The first-order chi connectivity index (χ1) is 8.70. The molecule has 0 radical (unpaired) electrons. The minimum absolute atomic E-state index is 0.0795. The Bertz CT molecular complexity index is 428. The number of pyridine rings is 1. The summed E-state index contributed by atoms with van der Waals surface area (Å²) in [5, 5.41) is 14.8. The number of hydrogen-bond donors (Lipinski definition) is 1. The van der Waals surface area contributed by atoms with Gasteiger partial charge in [0.15, 0.2) is 0 Å². The normalized spacial score (nSPS) is 22.9. The fourth-order valence-electron chi connectivity index (χ4n) is 2.33. The highest BCUT2D eigenvalue weighted by Crippen LogP contribution is 2.32. The molecular weight excluding hydrogens is 250 g/mol. The van der Waals surface area contributed by atoms with Gasteiger partial charge in [0.25, 0.3) is 0 Å². The number of nitro groups is 1. The molecular formula is C12H17N3O2S. The van der Waals surface area contributed by atoms with Gasteiger partial charge in [-0.15, -0.1) is 0 Å². The smallest absolute Gasteiger partial charge is 0.375 e. The SMILES string of the molecule is CCSC1CCC(Nc2cccnc2[N+](=O)[O-])C1. The summed E-state index contributed by atoms with van der Waals surface area (Å²) in [5.74, 6) is 1.05. The minimum atomic E-state index is -0.435. The highest BCUT2D eigenvalue weighted by molar-refractivity contribution is 7.99. The molecule has 0 saturated heterocycles. The van der Waals surface area contributed by atoms with Crippen LogP contribution in [0.2, 0.25) is 0 Å². The van der Waals surface area contributed by atoms with Crippen LogP contribution in [0.4, 0.5) is 11.5 Å². The molecule has 1 aromatic heterocycles. The molecule has 6 heteroatoms. The highest BCUT2D eigenvalue weighted by atomic mass is 32.2. The Morgan fingerprint density at radius 3 is 3.17 bits per heavy atom. The van der Waals surface area contributed by atoms with E-state index in [2.05, 4.69) is 17.2 Å². The molecule has 0 bridgehead atoms. The molecule has 1 fully saturated rings. The maximum absolute atomic E-state index is 10.9. The molecule has 1 saturated carbocycles. The van der Waals surface area contributed by atoms with E-state index >= 15 is 0 Å². The number of nitrogens with zero attached hydrogens (tertiary/aromatic N) is 2. The van der Waals surface area contributed by atoms with Crippen LogP contribution in [0.5, 0.6) is 0 Å². The summed E-state index contributed by atoms with van der Waals surface area (Å²) in [6.07, 6.45) is 4.78. The molecule has 2 rings (SSSR count). The van der Waals surface area contributed by atoms with Crippen molar-refractivity contribution in [2.75, 3.05) is 11.1 Å². The largest absolute Gasteiger partial charge is 0.386 e. The molecule has 0 amide bonds. The van der Waals surface area contributed by atoms with E-state index < -0.39 is 4.92 Å². The van der Waals surface area contributed by atoms with E-state index in [1.807, 2.05) is 11.8 Å². The van der Waals surface area contributed by atoms with Crippen LogP contribution in [0.1, 0.15) is 26.2 Å². The molecule has 0 aliphatic heterocycles. The maximum atomic E-state index is 10.9. The summed E-state index contributed by atoms with van der Waals surface area (Å²) in [5.41, 5.74) is 0.537. The molecule has 5 nitrogen and oxygen atoms in total. The Morgan fingerprint density at radius 1 is 1.61 bits per heavy atom. The van der Waals surface area contributed by atoms with Crippen molar-refractivity contribution in [2.45, 2.75) is 37.5 Å². The third-order valence-electron chi connectivity index (χ3n) is 3.11. The first-order valence-corrected chi connectivity index (χ1v) is 7.23. The second-order valence-corrected chi connectivity index (χ2v) is 5.94. The topological polar surface area (TPSA) is 68.1 Å². The van der Waals surface area contributed by atoms with E-state index in [1.54, 1.807) is 12.1 Å². The van der Waals surface area contributed by atoms with Crippen LogP contribution in [0, 0.1) is 10.1 Å². The summed E-state index contributed by atoms with van der Waals surface area (Å²) in [6.45, 7) is 2.16. The predicted molar refractivity (Wildman–Crippen MR) is 74.1 cm³/mol. The van der Waals surface area contributed by atoms with E-state index in [-0.39, 0.29) is 5.82 Å². The fourth-order valence-corrected chi connectivity index (χ4v) is 3.48. The van der Waals surface area contributed by atoms with Crippen molar-refractivity contribution in [3.8, 4) is 0 Å². The molecule has 98 valence electrons. The van der Waals surface area contributed by atoms with Crippen molar-refractivity contribution < 1.29 is 4.92 Å². The number of aromatic nitrogens is 1. The molecule has 1 aliphatic rings. The Labute approximate surface area is 111 Å². The molecule has 18 heavy (non-hydrogen) atoms. The van der Waals surface area contributed by atoms with Gasteiger partial charge in [-0.05, 0) is 47.1 Å². The summed E-state index contributed by atoms with van der Waals surface area (Å²) in [7, 11) is 0. The highest BCUT2D eigenvalue weighted by Gasteiger charge is 2.26. The number of rotatable bonds is 5. The lowest BCUT2D eigenvalue weighted by molar-refractivity contribution is -0.388. The van der Waals surface area contributed by atoms with Crippen molar-refractivity contribution in [2.24, 2.45) is 0 Å². The zero-order valence-electron chi connectivity index (χ0n) is 10.3. The van der Waals surface area contributed by atoms with Gasteiger partial charge in [-0.3, -0.25) is 0 Å². The number of hydrogen-bond acceptors (Lipinski definition) is 5. The Hall–Kier alpha value is -1.30. The lowest BCUT2D eigenvalue weighted by atomic mass is 10.2. The van der Waals surface area contributed by atoms with Crippen molar-refractivity contribution in [3.63, 3.8) is 0 Å². The zero-order chi connectivity index (χ0) is 13.0. The van der Waals surface area contributed by atoms with Crippen molar-refractivity contribution >= 4 is 23.3 Å². The summed E-state index contributed by atoms with van der Waals surface area (Å²) in [6, 6.07) is 3.78. The molecule has 2 unspecified atom stereocenters. The van der Waals surface area contributed by atoms with Crippen molar-refractivity contribution in [3.05, 3.63) is 28.4 Å². The first-order valence-electron chi connectivity index (χ1n) is 6.18. The summed E-state index contributed by atoms with van der Waals surface area (Å²) >= 11 is 1.97. The van der Waals surface area contributed by atoms with Crippen molar-refractivity contribution in [1.29, 1.82) is 0 Å². The zero-order valence-corrected chi connectivity index (χ0v) is 11.2. The van der Waals surface area contributed by atoms with Crippen LogP contribution in [-0.2, 0) is 0 Å². The molecule has 1 aromatic rings. The maximum Gasteiger partial charge on any atom is 0.386 e. The van der Waals surface area contributed by atoms with Gasteiger partial charge in [0.1, 0.15) is 11.9 Å². The van der Waals surface area contributed by atoms with Gasteiger partial charge in [-0.25, -0.2) is 0 Å². The number of thioether (sulfide) groups is 1. The lowest BCUT2D eigenvalue weighted by Crippen LogP contribution is -2.17. The summed E-state index contributed by atoms with van der Waals surface area (Å²) in [4.78, 5) is 14.2. The average molecular weight is 267 g/mol. The van der Waals surface area contributed by atoms with E-state index in [0.29, 0.717) is 17.0 Å². The molecule has 2 atom stereocenters. The van der Waals surface area contributed by atoms with E-state index in [1.165, 1.54) is 12.6 Å². The van der Waals surface area contributed by atoms with Gasteiger partial charge in [-0.2, -0.15) is 11.8 Å². The van der Waals surface area contributed by atoms with Crippen LogP contribution in [0.25, 0.3) is 0 Å². The summed E-state index contributed by atoms with van der Waals surface area (Å²) < 4.78 is 0. The van der Waals surface area contributed by atoms with E-state index in [0.717, 1.165) is 18.6 Å². The van der Waals surface area contributed by atoms with Crippen LogP contribution in [0.3, 0.4) is 0 Å². The van der Waals surface area contributed by atoms with E-state index in [9.17, 15) is 10.1 Å². The van der Waals surface area contributed by atoms with Gasteiger partial charge in [0.05, 0.1) is 0 Å². The predicted octanol–water partition coefficient (Wildman–Crippen LogP) is 3.08. The van der Waals surface area contributed by atoms with Crippen LogP contribution < -0.4 is 5.32 Å². The third-order valence-corrected chi connectivity index (χ3v) is 4.34. The van der Waals surface area contributed by atoms with Gasteiger partial charge in [-0.1, -0.05) is 6.92 Å². The molecule has 0 spiro atoms. The average Bonchev–Trinajstić information content (AvgIpc) is 2.77. The molecule has 1 N–H and O–H groups in total. The van der Waals surface area contributed by atoms with Crippen molar-refractivity contribution in [1.82, 2.24) is 4.98 Å². The fraction of sp³-hybridized carbons (Fsp3) is 0.583. The first kappa shape index (κ1) is 13.1. The standard InChI is InChI=1S/C12H17N3O2S/c1-2-18-10-6-5-9(8-10)14-11-4-3-7-13-12(11)15(16)17/h3-4,7,9-10,14H,2,5-6,8H2,1H3. The molecule has 1 aliphatic carbocycles. The van der Waals surface area contributed by atoms with Gasteiger partial charge in [0, 0.05) is 11.3 Å². The number of anilines is 1. The Kier molecular flexibility index (Phi) is 4.41. The second kappa shape index (κ2) is 6.04. The Morgan fingerprint density at radius 2 is 2.44 bits per heavy atom. The third kappa shape index (κ3) is 3.13. The van der Waals surface area contributed by atoms with E-state index in [4.69, 9.17) is 0 Å². The monoisotopic (exact) mass is 267 g/mol. The quantitative estimate of drug-likeness (QED) is 0.656. The lowest BCUT2D eigenvalue weighted by Gasteiger charge is -2.13. The van der Waals surface area contributed by atoms with Gasteiger partial charge >= 0.3 is 5.82 Å². The minimum Gasteiger partial charge on any atom is -0.375 e. The van der Waals surface area contributed by atoms with Crippen LogP contribution in [0.15, 0.2) is 18.3 Å². The van der Waals surface area contributed by atoms with Crippen LogP contribution >= 0.6 is 11.8 Å². The second-order valence-electron chi connectivity index (χ2n) is 4.36. The van der Waals surface area contributed by atoms with Gasteiger partial charge < -0.3 is 15.4 Å². The Balaban J connectivity index is 2.00. The van der Waals surface area contributed by atoms with Crippen LogP contribution in [-0.4, -0.2) is 27.0 Å².